The molecule has 1 atom stereocenters. The number of hydrogen-bond acceptors (Lipinski definition) is 4. The maximum atomic E-state index is 12.2. The van der Waals surface area contributed by atoms with Crippen molar-refractivity contribution in [3.05, 3.63) is 51.2 Å². The van der Waals surface area contributed by atoms with Gasteiger partial charge in [-0.05, 0) is 57.4 Å². The van der Waals surface area contributed by atoms with Gasteiger partial charge in [0.2, 0.25) is 0 Å². The van der Waals surface area contributed by atoms with Crippen molar-refractivity contribution >= 4 is 17.2 Å². The highest BCUT2D eigenvalue weighted by molar-refractivity contribution is 7.10. The van der Waals surface area contributed by atoms with E-state index in [2.05, 4.69) is 40.7 Å². The second-order valence-electron chi connectivity index (χ2n) is 6.32. The molecule has 0 fully saturated rings. The van der Waals surface area contributed by atoms with Gasteiger partial charge in [0, 0.05) is 11.4 Å². The molecule has 130 valence electrons. The molecule has 4 nitrogen and oxygen atoms in total. The second kappa shape index (κ2) is 8.31. The monoisotopic (exact) mass is 346 g/mol. The molecule has 1 amide bonds. The topological polar surface area (TPSA) is 41.6 Å². The second-order valence-corrected chi connectivity index (χ2v) is 7.29. The minimum atomic E-state index is -0.0993. The summed E-state index contributed by atoms with van der Waals surface area (Å²) in [6.07, 6.45) is 0. The van der Waals surface area contributed by atoms with E-state index in [1.165, 1.54) is 10.4 Å². The number of aryl methyl sites for hydroxylation is 3. The molecule has 2 aromatic rings. The Morgan fingerprint density at radius 2 is 1.92 bits per heavy atom. The number of rotatable bonds is 7. The van der Waals surface area contributed by atoms with E-state index in [0.29, 0.717) is 6.54 Å². The number of likely N-dealkylation sites (N-methyl/N-ethyl adjacent to an activating group) is 1. The molecule has 0 aliphatic heterocycles. The molecule has 5 heteroatoms. The van der Waals surface area contributed by atoms with E-state index < -0.39 is 0 Å². The summed E-state index contributed by atoms with van der Waals surface area (Å²) in [6.45, 7) is 6.68. The summed E-state index contributed by atoms with van der Waals surface area (Å²) < 4.78 is 5.74. The van der Waals surface area contributed by atoms with Crippen LogP contribution in [0.15, 0.2) is 29.6 Å². The molecule has 0 saturated heterocycles. The van der Waals surface area contributed by atoms with Gasteiger partial charge in [-0.1, -0.05) is 23.8 Å². The lowest BCUT2D eigenvalue weighted by atomic mass is 10.1. The molecule has 2 rings (SSSR count). The summed E-state index contributed by atoms with van der Waals surface area (Å²) in [5, 5.41) is 5.03. The van der Waals surface area contributed by atoms with Gasteiger partial charge in [0.15, 0.2) is 6.61 Å². The fourth-order valence-corrected chi connectivity index (χ4v) is 3.73. The summed E-state index contributed by atoms with van der Waals surface area (Å²) in [7, 11) is 4.04. The number of ether oxygens (including phenoxy) is 1. The maximum absolute atomic E-state index is 12.2. The van der Waals surface area contributed by atoms with E-state index in [1.54, 1.807) is 11.3 Å². The number of benzene rings is 1. The molecule has 1 N–H and O–H groups in total. The third-order valence-corrected chi connectivity index (χ3v) is 4.91. The highest BCUT2D eigenvalue weighted by Crippen LogP contribution is 2.24. The molecule has 1 heterocycles. The van der Waals surface area contributed by atoms with E-state index in [9.17, 15) is 4.79 Å². The lowest BCUT2D eigenvalue weighted by molar-refractivity contribution is -0.123. The van der Waals surface area contributed by atoms with Crippen LogP contribution >= 0.6 is 11.3 Å². The smallest absolute Gasteiger partial charge is 0.258 e. The van der Waals surface area contributed by atoms with Gasteiger partial charge >= 0.3 is 0 Å². The number of nitrogens with zero attached hydrogens (tertiary/aromatic N) is 1. The minimum absolute atomic E-state index is 0.0370. The highest BCUT2D eigenvalue weighted by atomic mass is 32.1. The quantitative estimate of drug-likeness (QED) is 0.835. The first-order valence-corrected chi connectivity index (χ1v) is 8.93. The zero-order valence-corrected chi connectivity index (χ0v) is 15.9. The Labute approximate surface area is 148 Å². The zero-order valence-electron chi connectivity index (χ0n) is 15.1. The van der Waals surface area contributed by atoms with Gasteiger partial charge in [0.25, 0.3) is 5.91 Å². The van der Waals surface area contributed by atoms with Crippen molar-refractivity contribution in [1.82, 2.24) is 10.2 Å². The van der Waals surface area contributed by atoms with Crippen LogP contribution in [0.1, 0.15) is 27.6 Å². The molecule has 0 radical (unpaired) electrons. The van der Waals surface area contributed by atoms with Crippen LogP contribution in [0, 0.1) is 20.8 Å². The molecule has 0 spiro atoms. The summed E-state index contributed by atoms with van der Waals surface area (Å²) >= 11 is 1.70. The van der Waals surface area contributed by atoms with E-state index in [0.717, 1.165) is 16.9 Å². The fourth-order valence-electron chi connectivity index (χ4n) is 2.81. The zero-order chi connectivity index (χ0) is 17.7. The molecule has 0 bridgehead atoms. The van der Waals surface area contributed by atoms with Crippen LogP contribution in [0.5, 0.6) is 5.75 Å². The predicted molar refractivity (Wildman–Crippen MR) is 99.9 cm³/mol. The summed E-state index contributed by atoms with van der Waals surface area (Å²) in [5.74, 6) is 0.705. The van der Waals surface area contributed by atoms with Gasteiger partial charge in [-0.3, -0.25) is 4.79 Å². The average molecular weight is 346 g/mol. The molecule has 0 saturated carbocycles. The molecular formula is C19H26N2O2S. The van der Waals surface area contributed by atoms with Gasteiger partial charge in [-0.2, -0.15) is 0 Å². The maximum Gasteiger partial charge on any atom is 0.258 e. The van der Waals surface area contributed by atoms with Gasteiger partial charge in [0.05, 0.1) is 6.04 Å². The lowest BCUT2D eigenvalue weighted by Crippen LogP contribution is -2.36. The molecule has 1 unspecified atom stereocenters. The van der Waals surface area contributed by atoms with Crippen LogP contribution in [0.25, 0.3) is 0 Å². The van der Waals surface area contributed by atoms with Crippen LogP contribution in [0.3, 0.4) is 0 Å². The van der Waals surface area contributed by atoms with Gasteiger partial charge in [-0.25, -0.2) is 0 Å². The molecule has 0 aliphatic rings. The third-order valence-electron chi connectivity index (χ3n) is 3.94. The van der Waals surface area contributed by atoms with Crippen LogP contribution in [0.2, 0.25) is 0 Å². The number of hydrogen-bond donors (Lipinski definition) is 1. The number of amides is 1. The first-order chi connectivity index (χ1) is 11.4. The Kier molecular flexibility index (Phi) is 6.40. The van der Waals surface area contributed by atoms with Crippen LogP contribution in [-0.4, -0.2) is 38.1 Å². The Balaban J connectivity index is 1.90. The lowest BCUT2D eigenvalue weighted by Gasteiger charge is -2.23. The Morgan fingerprint density at radius 1 is 1.25 bits per heavy atom. The molecule has 1 aromatic heterocycles. The standard InChI is InChI=1S/C19H26N2O2S/c1-13-9-14(2)19(15(3)10-13)23-12-18(22)20-11-16(21(4)5)17-7-6-8-24-17/h6-10,16H,11-12H2,1-5H3,(H,20,22). The summed E-state index contributed by atoms with van der Waals surface area (Å²) in [5.41, 5.74) is 3.32. The average Bonchev–Trinajstić information content (AvgIpc) is 3.00. The number of thiophene rings is 1. The summed E-state index contributed by atoms with van der Waals surface area (Å²) in [6, 6.07) is 8.44. The van der Waals surface area contributed by atoms with Gasteiger partial charge in [0.1, 0.15) is 5.75 Å². The first-order valence-electron chi connectivity index (χ1n) is 8.05. The van der Waals surface area contributed by atoms with Gasteiger partial charge < -0.3 is 15.0 Å². The molecule has 0 aliphatic carbocycles. The van der Waals surface area contributed by atoms with Crippen molar-refractivity contribution < 1.29 is 9.53 Å². The number of carbonyl (C=O) groups excluding carboxylic acids is 1. The van der Waals surface area contributed by atoms with Crippen LogP contribution < -0.4 is 10.1 Å². The molecule has 24 heavy (non-hydrogen) atoms. The van der Waals surface area contributed by atoms with Crippen molar-refractivity contribution in [3.8, 4) is 5.75 Å². The first kappa shape index (κ1) is 18.5. The number of carbonyl (C=O) groups is 1. The Morgan fingerprint density at radius 3 is 2.46 bits per heavy atom. The predicted octanol–water partition coefficient (Wildman–Crippen LogP) is 3.47. The van der Waals surface area contributed by atoms with Crippen molar-refractivity contribution in [2.45, 2.75) is 26.8 Å². The normalized spacial score (nSPS) is 12.2. The van der Waals surface area contributed by atoms with Crippen LogP contribution in [0.4, 0.5) is 0 Å². The van der Waals surface area contributed by atoms with Gasteiger partial charge in [-0.15, -0.1) is 11.3 Å². The Hall–Kier alpha value is -1.85. The third kappa shape index (κ3) is 4.82. The van der Waals surface area contributed by atoms with Crippen molar-refractivity contribution in [2.75, 3.05) is 27.2 Å². The summed E-state index contributed by atoms with van der Waals surface area (Å²) in [4.78, 5) is 15.5. The Bertz CT molecular complexity index is 658. The van der Waals surface area contributed by atoms with Crippen LogP contribution in [-0.2, 0) is 4.79 Å². The van der Waals surface area contributed by atoms with E-state index >= 15 is 0 Å². The van der Waals surface area contributed by atoms with E-state index in [-0.39, 0.29) is 18.6 Å². The highest BCUT2D eigenvalue weighted by Gasteiger charge is 2.16. The van der Waals surface area contributed by atoms with Crippen molar-refractivity contribution in [2.24, 2.45) is 0 Å². The van der Waals surface area contributed by atoms with E-state index in [4.69, 9.17) is 4.74 Å². The van der Waals surface area contributed by atoms with Crippen molar-refractivity contribution in [1.29, 1.82) is 0 Å². The largest absolute Gasteiger partial charge is 0.483 e. The minimum Gasteiger partial charge on any atom is -0.483 e. The molecular weight excluding hydrogens is 320 g/mol. The fraction of sp³-hybridized carbons (Fsp3) is 0.421. The van der Waals surface area contributed by atoms with Crippen molar-refractivity contribution in [3.63, 3.8) is 0 Å². The number of nitrogens with one attached hydrogen (secondary N) is 1. The van der Waals surface area contributed by atoms with E-state index in [1.807, 2.05) is 34.0 Å². The molecule has 1 aromatic carbocycles. The SMILES string of the molecule is Cc1cc(C)c(OCC(=O)NCC(c2cccs2)N(C)C)c(C)c1.